The zero-order valence-corrected chi connectivity index (χ0v) is 8.38. The summed E-state index contributed by atoms with van der Waals surface area (Å²) in [5.74, 6) is 0.736. The fourth-order valence-corrected chi connectivity index (χ4v) is 1.37. The third-order valence-electron chi connectivity index (χ3n) is 2.21. The van der Waals surface area contributed by atoms with Crippen LogP contribution in [0.3, 0.4) is 0 Å². The van der Waals surface area contributed by atoms with Gasteiger partial charge in [-0.05, 0) is 26.1 Å². The molecule has 0 bridgehead atoms. The van der Waals surface area contributed by atoms with Gasteiger partial charge in [-0.15, -0.1) is 0 Å². The summed E-state index contributed by atoms with van der Waals surface area (Å²) in [4.78, 5) is 0. The van der Waals surface area contributed by atoms with Crippen LogP contribution < -0.4 is 0 Å². The van der Waals surface area contributed by atoms with E-state index in [2.05, 4.69) is 21.7 Å². The molecule has 1 aliphatic rings. The Kier molecular flexibility index (Phi) is 4.09. The van der Waals surface area contributed by atoms with Crippen LogP contribution in [0.4, 0.5) is 0 Å². The first-order valence-electron chi connectivity index (χ1n) is 4.91. The van der Waals surface area contributed by atoms with Gasteiger partial charge < -0.3 is 9.47 Å². The maximum Gasteiger partial charge on any atom is 0.108 e. The largest absolute Gasteiger partial charge is 0.376 e. The van der Waals surface area contributed by atoms with Crippen molar-refractivity contribution < 1.29 is 9.47 Å². The summed E-state index contributed by atoms with van der Waals surface area (Å²) in [5, 5.41) is 0. The predicted octanol–water partition coefficient (Wildman–Crippen LogP) is 1.01. The molecule has 0 aliphatic carbocycles. The fourth-order valence-electron chi connectivity index (χ4n) is 1.37. The van der Waals surface area contributed by atoms with Crippen LogP contribution in [-0.2, 0) is 9.47 Å². The van der Waals surface area contributed by atoms with Gasteiger partial charge in [0.15, 0.2) is 0 Å². The summed E-state index contributed by atoms with van der Waals surface area (Å²) in [5.41, 5.74) is 0. The molecule has 1 fully saturated rings. The van der Waals surface area contributed by atoms with E-state index in [-0.39, 0.29) is 0 Å². The van der Waals surface area contributed by atoms with Crippen molar-refractivity contribution in [3.63, 3.8) is 0 Å². The van der Waals surface area contributed by atoms with Crippen molar-refractivity contribution in [2.24, 2.45) is 0 Å². The predicted molar refractivity (Wildman–Crippen MR) is 52.4 cm³/mol. The Morgan fingerprint density at radius 1 is 1.50 bits per heavy atom. The van der Waals surface area contributed by atoms with Crippen LogP contribution in [0.2, 0.25) is 5.82 Å². The van der Waals surface area contributed by atoms with Crippen LogP contribution in [0.5, 0.6) is 0 Å². The SMILES string of the molecule is BC1CCC(COC(C)C)OC1. The molecule has 0 aromatic carbocycles. The van der Waals surface area contributed by atoms with E-state index in [1.165, 1.54) is 6.42 Å². The first-order valence-corrected chi connectivity index (χ1v) is 4.91. The van der Waals surface area contributed by atoms with Crippen molar-refractivity contribution in [3.05, 3.63) is 0 Å². The molecule has 2 nitrogen and oxygen atoms in total. The molecule has 0 aromatic rings. The van der Waals surface area contributed by atoms with Crippen molar-refractivity contribution in [2.45, 2.75) is 44.7 Å². The summed E-state index contributed by atoms with van der Waals surface area (Å²) >= 11 is 0. The molecule has 1 rings (SSSR count). The molecule has 12 heavy (non-hydrogen) atoms. The van der Waals surface area contributed by atoms with Gasteiger partial charge in [0, 0.05) is 6.61 Å². The van der Waals surface area contributed by atoms with Crippen LogP contribution in [0, 0.1) is 0 Å². The maximum absolute atomic E-state index is 5.62. The van der Waals surface area contributed by atoms with Crippen molar-refractivity contribution in [2.75, 3.05) is 13.2 Å². The van der Waals surface area contributed by atoms with Gasteiger partial charge in [0.05, 0.1) is 18.8 Å². The smallest absolute Gasteiger partial charge is 0.108 e. The fraction of sp³-hybridized carbons (Fsp3) is 1.00. The van der Waals surface area contributed by atoms with E-state index in [1.54, 1.807) is 0 Å². The minimum atomic E-state index is 0.327. The van der Waals surface area contributed by atoms with Gasteiger partial charge in [-0.3, -0.25) is 0 Å². The molecular weight excluding hydrogens is 151 g/mol. The van der Waals surface area contributed by atoms with Gasteiger partial charge in [0.2, 0.25) is 0 Å². The minimum Gasteiger partial charge on any atom is -0.376 e. The van der Waals surface area contributed by atoms with E-state index >= 15 is 0 Å². The standard InChI is InChI=1S/C9H19BO2/c1-7(2)11-6-9-4-3-8(10)5-12-9/h7-9H,3-6,10H2,1-2H3. The lowest BCUT2D eigenvalue weighted by atomic mass is 9.82. The average molecular weight is 170 g/mol. The highest BCUT2D eigenvalue weighted by atomic mass is 16.5. The van der Waals surface area contributed by atoms with Crippen LogP contribution in [0.15, 0.2) is 0 Å². The van der Waals surface area contributed by atoms with E-state index in [0.29, 0.717) is 12.2 Å². The number of ether oxygens (including phenoxy) is 2. The molecule has 2 atom stereocenters. The molecule has 3 heteroatoms. The zero-order valence-electron chi connectivity index (χ0n) is 8.38. The lowest BCUT2D eigenvalue weighted by molar-refractivity contribution is -0.0548. The summed E-state index contributed by atoms with van der Waals surface area (Å²) in [6.45, 7) is 5.80. The molecule has 2 unspecified atom stereocenters. The summed E-state index contributed by atoms with van der Waals surface area (Å²) < 4.78 is 11.1. The molecule has 1 aliphatic heterocycles. The first-order chi connectivity index (χ1) is 5.68. The Morgan fingerprint density at radius 2 is 2.25 bits per heavy atom. The molecule has 0 aromatic heterocycles. The molecule has 0 saturated carbocycles. The van der Waals surface area contributed by atoms with Gasteiger partial charge in [-0.1, -0.05) is 6.42 Å². The molecule has 0 spiro atoms. The van der Waals surface area contributed by atoms with Gasteiger partial charge in [-0.25, -0.2) is 0 Å². The topological polar surface area (TPSA) is 18.5 Å². The van der Waals surface area contributed by atoms with Gasteiger partial charge in [0.1, 0.15) is 7.85 Å². The van der Waals surface area contributed by atoms with Gasteiger partial charge >= 0.3 is 0 Å². The monoisotopic (exact) mass is 170 g/mol. The van der Waals surface area contributed by atoms with Gasteiger partial charge in [-0.2, -0.15) is 0 Å². The summed E-state index contributed by atoms with van der Waals surface area (Å²) in [6.07, 6.45) is 3.12. The second-order valence-electron chi connectivity index (χ2n) is 4.02. The molecule has 70 valence electrons. The van der Waals surface area contributed by atoms with Crippen molar-refractivity contribution >= 4 is 7.85 Å². The molecule has 0 radical (unpaired) electrons. The van der Waals surface area contributed by atoms with Crippen LogP contribution in [0.25, 0.3) is 0 Å². The Morgan fingerprint density at radius 3 is 2.75 bits per heavy atom. The normalized spacial score (nSPS) is 30.9. The van der Waals surface area contributed by atoms with E-state index in [4.69, 9.17) is 9.47 Å². The quantitative estimate of drug-likeness (QED) is 0.588. The van der Waals surface area contributed by atoms with E-state index in [1.807, 2.05) is 0 Å². The minimum absolute atomic E-state index is 0.327. The highest BCUT2D eigenvalue weighted by Crippen LogP contribution is 2.20. The summed E-state index contributed by atoms with van der Waals surface area (Å²) in [7, 11) is 2.24. The highest BCUT2D eigenvalue weighted by Gasteiger charge is 2.18. The Bertz CT molecular complexity index is 120. The maximum atomic E-state index is 5.62. The van der Waals surface area contributed by atoms with E-state index < -0.39 is 0 Å². The second kappa shape index (κ2) is 4.88. The molecular formula is C9H19BO2. The Balaban J connectivity index is 2.09. The molecule has 1 heterocycles. The lowest BCUT2D eigenvalue weighted by Crippen LogP contribution is -2.28. The van der Waals surface area contributed by atoms with Gasteiger partial charge in [0.25, 0.3) is 0 Å². The van der Waals surface area contributed by atoms with Crippen LogP contribution >= 0.6 is 0 Å². The molecule has 1 saturated heterocycles. The third kappa shape index (κ3) is 3.59. The Hall–Kier alpha value is -0.0151. The first kappa shape index (κ1) is 10.1. The lowest BCUT2D eigenvalue weighted by Gasteiger charge is -2.27. The van der Waals surface area contributed by atoms with Crippen LogP contribution in [0.1, 0.15) is 26.7 Å². The van der Waals surface area contributed by atoms with E-state index in [0.717, 1.165) is 25.5 Å². The Labute approximate surface area is 76.0 Å². The molecule has 0 N–H and O–H groups in total. The zero-order chi connectivity index (χ0) is 8.97. The third-order valence-corrected chi connectivity index (χ3v) is 2.21. The second-order valence-corrected chi connectivity index (χ2v) is 4.02. The van der Waals surface area contributed by atoms with Crippen LogP contribution in [-0.4, -0.2) is 33.3 Å². The van der Waals surface area contributed by atoms with Crippen molar-refractivity contribution in [3.8, 4) is 0 Å². The molecule has 0 amide bonds. The average Bonchev–Trinajstić information content (AvgIpc) is 2.03. The number of rotatable bonds is 3. The highest BCUT2D eigenvalue weighted by molar-refractivity contribution is 6.11. The number of hydrogen-bond donors (Lipinski definition) is 0. The number of hydrogen-bond acceptors (Lipinski definition) is 2. The van der Waals surface area contributed by atoms with E-state index in [9.17, 15) is 0 Å². The van der Waals surface area contributed by atoms with Crippen molar-refractivity contribution in [1.82, 2.24) is 0 Å². The van der Waals surface area contributed by atoms with Crippen molar-refractivity contribution in [1.29, 1.82) is 0 Å². The summed E-state index contributed by atoms with van der Waals surface area (Å²) in [6, 6.07) is 0.